The summed E-state index contributed by atoms with van der Waals surface area (Å²) in [6.45, 7) is 8.22. The van der Waals surface area contributed by atoms with Crippen molar-refractivity contribution in [3.63, 3.8) is 0 Å². The molecule has 1 aromatic heterocycles. The van der Waals surface area contributed by atoms with Gasteiger partial charge in [0.05, 0.1) is 0 Å². The molecule has 1 saturated heterocycles. The van der Waals surface area contributed by atoms with E-state index in [0.717, 1.165) is 30.1 Å². The van der Waals surface area contributed by atoms with E-state index in [1.165, 1.54) is 0 Å². The molecule has 1 aliphatic heterocycles. The van der Waals surface area contributed by atoms with Gasteiger partial charge in [0.2, 0.25) is 0 Å². The van der Waals surface area contributed by atoms with Crippen molar-refractivity contribution < 1.29 is 4.79 Å². The van der Waals surface area contributed by atoms with E-state index >= 15 is 0 Å². The highest BCUT2D eigenvalue weighted by atomic mass is 32.1. The number of carbonyl (C=O) groups excluding carboxylic acids is 1. The number of nitrogens with zero attached hydrogens (tertiary/aromatic N) is 2. The number of ketones is 1. The van der Waals surface area contributed by atoms with Gasteiger partial charge in [-0.25, -0.2) is 4.98 Å². The predicted molar refractivity (Wildman–Crippen MR) is 62.7 cm³/mol. The fourth-order valence-electron chi connectivity index (χ4n) is 1.86. The van der Waals surface area contributed by atoms with E-state index in [9.17, 15) is 4.79 Å². The zero-order valence-corrected chi connectivity index (χ0v) is 10.2. The normalized spacial score (nSPS) is 25.9. The van der Waals surface area contributed by atoms with Crippen molar-refractivity contribution in [2.24, 2.45) is 11.8 Å². The van der Waals surface area contributed by atoms with Crippen LogP contribution in [0.1, 0.15) is 31.3 Å². The molecule has 0 saturated carbocycles. The summed E-state index contributed by atoms with van der Waals surface area (Å²) in [6, 6.07) is 0. The smallest absolute Gasteiger partial charge is 0.185 e. The first-order valence-corrected chi connectivity index (χ1v) is 6.17. The van der Waals surface area contributed by atoms with Crippen LogP contribution in [0.4, 0.5) is 5.13 Å². The molecule has 2 heterocycles. The number of Topliss-reactive ketones (excluding diaryl/α,β-unsaturated/α-hetero) is 1. The monoisotopic (exact) mass is 224 g/mol. The number of rotatable bonds is 2. The quantitative estimate of drug-likeness (QED) is 0.723. The highest BCUT2D eigenvalue weighted by Crippen LogP contribution is 2.29. The molecule has 4 heteroatoms. The first-order chi connectivity index (χ1) is 7.08. The first kappa shape index (κ1) is 10.6. The molecule has 2 rings (SSSR count). The molecule has 0 spiro atoms. The Morgan fingerprint density at radius 2 is 2.07 bits per heavy atom. The van der Waals surface area contributed by atoms with E-state index in [-0.39, 0.29) is 5.78 Å². The van der Waals surface area contributed by atoms with Crippen LogP contribution in [-0.4, -0.2) is 23.9 Å². The molecule has 0 aliphatic carbocycles. The van der Waals surface area contributed by atoms with Crippen LogP contribution in [0.25, 0.3) is 0 Å². The van der Waals surface area contributed by atoms with Gasteiger partial charge in [0.25, 0.3) is 0 Å². The number of anilines is 1. The van der Waals surface area contributed by atoms with Crippen LogP contribution in [0.2, 0.25) is 0 Å². The van der Waals surface area contributed by atoms with Gasteiger partial charge in [-0.2, -0.15) is 0 Å². The van der Waals surface area contributed by atoms with E-state index in [1.54, 1.807) is 18.3 Å². The van der Waals surface area contributed by atoms with Crippen LogP contribution in [0.5, 0.6) is 0 Å². The van der Waals surface area contributed by atoms with Gasteiger partial charge in [-0.3, -0.25) is 4.79 Å². The van der Waals surface area contributed by atoms with E-state index in [4.69, 9.17) is 0 Å². The molecule has 82 valence electrons. The highest BCUT2D eigenvalue weighted by Gasteiger charge is 2.27. The minimum absolute atomic E-state index is 0.0535. The number of thiazole rings is 1. The molecule has 0 aromatic carbocycles. The molecule has 0 amide bonds. The lowest BCUT2D eigenvalue weighted by Gasteiger charge is -2.13. The highest BCUT2D eigenvalue weighted by molar-refractivity contribution is 7.13. The molecule has 1 fully saturated rings. The molecule has 0 radical (unpaired) electrons. The average molecular weight is 224 g/mol. The second-order valence-corrected chi connectivity index (χ2v) is 5.27. The Kier molecular flexibility index (Phi) is 2.78. The van der Waals surface area contributed by atoms with Crippen LogP contribution in [-0.2, 0) is 0 Å². The van der Waals surface area contributed by atoms with Gasteiger partial charge in [-0.15, -0.1) is 11.3 Å². The van der Waals surface area contributed by atoms with Crippen LogP contribution in [0, 0.1) is 11.8 Å². The van der Waals surface area contributed by atoms with E-state index < -0.39 is 0 Å². The lowest BCUT2D eigenvalue weighted by molar-refractivity contribution is 0.101. The van der Waals surface area contributed by atoms with E-state index in [0.29, 0.717) is 5.69 Å². The minimum Gasteiger partial charge on any atom is -0.348 e. The molecular formula is C11H16N2OS. The fraction of sp³-hybridized carbons (Fsp3) is 0.636. The number of carbonyl (C=O) groups is 1. The number of hydrogen-bond acceptors (Lipinski definition) is 4. The Bertz CT molecular complexity index is 364. The maximum atomic E-state index is 11.1. The van der Waals surface area contributed by atoms with Crippen molar-refractivity contribution in [2.75, 3.05) is 18.0 Å². The average Bonchev–Trinajstić information content (AvgIpc) is 2.74. The largest absolute Gasteiger partial charge is 0.348 e. The molecule has 0 bridgehead atoms. The Balaban J connectivity index is 2.14. The summed E-state index contributed by atoms with van der Waals surface area (Å²) >= 11 is 1.57. The van der Waals surface area contributed by atoms with Crippen molar-refractivity contribution in [1.29, 1.82) is 0 Å². The first-order valence-electron chi connectivity index (χ1n) is 5.29. The molecular weight excluding hydrogens is 208 g/mol. The summed E-state index contributed by atoms with van der Waals surface area (Å²) in [5.74, 6) is 1.49. The van der Waals surface area contributed by atoms with Crippen LogP contribution in [0.3, 0.4) is 0 Å². The fourth-order valence-corrected chi connectivity index (χ4v) is 2.74. The summed E-state index contributed by atoms with van der Waals surface area (Å²) in [5.41, 5.74) is 0.599. The zero-order valence-electron chi connectivity index (χ0n) is 9.36. The van der Waals surface area contributed by atoms with Gasteiger partial charge in [-0.1, -0.05) is 13.8 Å². The molecule has 2 atom stereocenters. The minimum atomic E-state index is 0.0535. The van der Waals surface area contributed by atoms with Crippen LogP contribution in [0.15, 0.2) is 5.38 Å². The van der Waals surface area contributed by atoms with Crippen molar-refractivity contribution in [3.05, 3.63) is 11.1 Å². The van der Waals surface area contributed by atoms with Gasteiger partial charge in [0, 0.05) is 25.4 Å². The zero-order chi connectivity index (χ0) is 11.0. The lowest BCUT2D eigenvalue weighted by Crippen LogP contribution is -2.19. The molecule has 1 aromatic rings. The molecule has 0 N–H and O–H groups in total. The third kappa shape index (κ3) is 2.04. The summed E-state index contributed by atoms with van der Waals surface area (Å²) < 4.78 is 0. The summed E-state index contributed by atoms with van der Waals surface area (Å²) in [7, 11) is 0. The standard InChI is InChI=1S/C11H16N2OS/c1-7-4-13(5-8(7)2)11-12-10(6-15-11)9(3)14/h6-8H,4-5H2,1-3H3. The maximum Gasteiger partial charge on any atom is 0.185 e. The van der Waals surface area contributed by atoms with Gasteiger partial charge < -0.3 is 4.90 Å². The summed E-state index contributed by atoms with van der Waals surface area (Å²) in [6.07, 6.45) is 0. The van der Waals surface area contributed by atoms with Gasteiger partial charge >= 0.3 is 0 Å². The third-order valence-electron chi connectivity index (χ3n) is 3.11. The van der Waals surface area contributed by atoms with E-state index in [1.807, 2.05) is 5.38 Å². The predicted octanol–water partition coefficient (Wildman–Crippen LogP) is 2.44. The van der Waals surface area contributed by atoms with Gasteiger partial charge in [0.15, 0.2) is 10.9 Å². The van der Waals surface area contributed by atoms with Crippen molar-refractivity contribution in [2.45, 2.75) is 20.8 Å². The number of aromatic nitrogens is 1. The molecule has 1 aliphatic rings. The third-order valence-corrected chi connectivity index (χ3v) is 4.01. The molecule has 3 nitrogen and oxygen atoms in total. The lowest BCUT2D eigenvalue weighted by atomic mass is 10.0. The van der Waals surface area contributed by atoms with Gasteiger partial charge in [0.1, 0.15) is 5.69 Å². The topological polar surface area (TPSA) is 33.2 Å². The maximum absolute atomic E-state index is 11.1. The molecule has 2 unspecified atom stereocenters. The van der Waals surface area contributed by atoms with Crippen molar-refractivity contribution in [1.82, 2.24) is 4.98 Å². The summed E-state index contributed by atoms with van der Waals surface area (Å²) in [4.78, 5) is 17.8. The molecule has 15 heavy (non-hydrogen) atoms. The second-order valence-electron chi connectivity index (χ2n) is 4.43. The second kappa shape index (κ2) is 3.93. The SMILES string of the molecule is CC(=O)c1csc(N2CC(C)C(C)C2)n1. The van der Waals surface area contributed by atoms with Crippen LogP contribution >= 0.6 is 11.3 Å². The Hall–Kier alpha value is -0.900. The van der Waals surface area contributed by atoms with Crippen molar-refractivity contribution in [3.8, 4) is 0 Å². The summed E-state index contributed by atoms with van der Waals surface area (Å²) in [5, 5.41) is 2.85. The van der Waals surface area contributed by atoms with Crippen molar-refractivity contribution >= 4 is 22.3 Å². The number of hydrogen-bond donors (Lipinski definition) is 0. The van der Waals surface area contributed by atoms with E-state index in [2.05, 4.69) is 23.7 Å². The van der Waals surface area contributed by atoms with Gasteiger partial charge in [-0.05, 0) is 11.8 Å². The Morgan fingerprint density at radius 3 is 2.53 bits per heavy atom. The Morgan fingerprint density at radius 1 is 1.47 bits per heavy atom. The van der Waals surface area contributed by atoms with Crippen LogP contribution < -0.4 is 4.90 Å². The Labute approximate surface area is 94.1 Å².